The fourth-order valence-electron chi connectivity index (χ4n) is 2.12. The molecule has 0 fully saturated rings. The number of thiazole rings is 1. The summed E-state index contributed by atoms with van der Waals surface area (Å²) in [6.45, 7) is -0.586. The number of aromatic nitrogens is 1. The number of hydrogen-bond acceptors (Lipinski definition) is 6. The van der Waals surface area contributed by atoms with Crippen LogP contribution in [0.4, 0.5) is 4.39 Å². The highest BCUT2D eigenvalue weighted by Gasteiger charge is 2.15. The van der Waals surface area contributed by atoms with Gasteiger partial charge in [-0.05, 0) is 36.4 Å². The molecular weight excluding hydrogens is 385 g/mol. The van der Waals surface area contributed by atoms with Crippen LogP contribution in [0.3, 0.4) is 0 Å². The van der Waals surface area contributed by atoms with E-state index in [0.29, 0.717) is 16.1 Å². The Kier molecular flexibility index (Phi) is 6.07. The lowest BCUT2D eigenvalue weighted by atomic mass is 10.2. The van der Waals surface area contributed by atoms with Gasteiger partial charge in [-0.2, -0.15) is 0 Å². The molecule has 0 atom stereocenters. The number of amides is 2. The molecular formula is C19H14FN3O4S. The van der Waals surface area contributed by atoms with E-state index in [1.54, 1.807) is 42.5 Å². The third kappa shape index (κ3) is 4.98. The molecule has 0 aliphatic carbocycles. The fourth-order valence-corrected chi connectivity index (χ4v) is 2.92. The molecule has 28 heavy (non-hydrogen) atoms. The van der Waals surface area contributed by atoms with Crippen LogP contribution in [-0.2, 0) is 9.53 Å². The first-order valence-corrected chi connectivity index (χ1v) is 8.94. The maximum absolute atomic E-state index is 13.0. The van der Waals surface area contributed by atoms with Crippen molar-refractivity contribution < 1.29 is 23.5 Å². The Morgan fingerprint density at radius 1 is 1.00 bits per heavy atom. The van der Waals surface area contributed by atoms with Crippen molar-refractivity contribution in [3.63, 3.8) is 0 Å². The molecule has 2 aromatic carbocycles. The zero-order valence-corrected chi connectivity index (χ0v) is 15.2. The average Bonchev–Trinajstić information content (AvgIpc) is 3.21. The Balaban J connectivity index is 1.48. The predicted octanol–water partition coefficient (Wildman–Crippen LogP) is 2.57. The number of nitrogens with zero attached hydrogens (tertiary/aromatic N) is 1. The Hall–Kier alpha value is -3.59. The number of halogens is 1. The molecule has 0 saturated carbocycles. The van der Waals surface area contributed by atoms with Crippen LogP contribution in [0.2, 0.25) is 0 Å². The second kappa shape index (κ2) is 8.87. The molecule has 0 aliphatic heterocycles. The molecule has 0 spiro atoms. The first kappa shape index (κ1) is 19.2. The van der Waals surface area contributed by atoms with Crippen LogP contribution in [-0.4, -0.2) is 29.4 Å². The minimum absolute atomic E-state index is 0.0328. The van der Waals surface area contributed by atoms with Crippen molar-refractivity contribution >= 4 is 29.1 Å². The molecule has 3 aromatic rings. The highest BCUT2D eigenvalue weighted by molar-refractivity contribution is 7.13. The van der Waals surface area contributed by atoms with E-state index in [4.69, 9.17) is 4.74 Å². The van der Waals surface area contributed by atoms with Crippen molar-refractivity contribution in [2.24, 2.45) is 0 Å². The van der Waals surface area contributed by atoms with Gasteiger partial charge in [-0.1, -0.05) is 18.2 Å². The van der Waals surface area contributed by atoms with Crippen molar-refractivity contribution in [2.45, 2.75) is 0 Å². The molecule has 0 radical (unpaired) electrons. The lowest BCUT2D eigenvalue weighted by Crippen LogP contribution is -2.43. The number of nitrogens with one attached hydrogen (secondary N) is 2. The van der Waals surface area contributed by atoms with E-state index in [2.05, 4.69) is 15.8 Å². The second-order valence-corrected chi connectivity index (χ2v) is 6.35. The molecule has 142 valence electrons. The van der Waals surface area contributed by atoms with Crippen LogP contribution in [0.15, 0.2) is 60.0 Å². The molecule has 9 heteroatoms. The van der Waals surface area contributed by atoms with Gasteiger partial charge in [-0.25, -0.2) is 14.2 Å². The van der Waals surface area contributed by atoms with Crippen LogP contribution in [0.5, 0.6) is 0 Å². The van der Waals surface area contributed by atoms with Gasteiger partial charge in [-0.15, -0.1) is 11.3 Å². The van der Waals surface area contributed by atoms with Crippen LogP contribution in [0.25, 0.3) is 10.6 Å². The monoisotopic (exact) mass is 399 g/mol. The van der Waals surface area contributed by atoms with Gasteiger partial charge in [0.05, 0.1) is 0 Å². The first-order chi connectivity index (χ1) is 13.5. The summed E-state index contributed by atoms with van der Waals surface area (Å²) in [5.41, 5.74) is 5.44. The highest BCUT2D eigenvalue weighted by atomic mass is 32.1. The van der Waals surface area contributed by atoms with E-state index >= 15 is 0 Å². The van der Waals surface area contributed by atoms with Gasteiger partial charge in [0.25, 0.3) is 11.8 Å². The van der Waals surface area contributed by atoms with Crippen molar-refractivity contribution in [1.82, 2.24) is 15.8 Å². The number of esters is 1. The maximum atomic E-state index is 13.0. The summed E-state index contributed by atoms with van der Waals surface area (Å²) in [4.78, 5) is 39.6. The number of ether oxygens (including phenoxy) is 1. The minimum Gasteiger partial charge on any atom is -0.451 e. The lowest BCUT2D eigenvalue weighted by molar-refractivity contribution is -0.125. The highest BCUT2D eigenvalue weighted by Crippen LogP contribution is 2.24. The van der Waals surface area contributed by atoms with Crippen molar-refractivity contribution in [3.05, 3.63) is 77.1 Å². The Morgan fingerprint density at radius 2 is 1.71 bits per heavy atom. The molecule has 3 rings (SSSR count). The molecule has 0 unspecified atom stereocenters. The summed E-state index contributed by atoms with van der Waals surface area (Å²) in [6.07, 6.45) is 0. The third-order valence-electron chi connectivity index (χ3n) is 3.49. The SMILES string of the molecule is O=C(COC(=O)c1csc(-c2ccc(F)cc2)n1)NNC(=O)c1ccccc1. The summed E-state index contributed by atoms with van der Waals surface area (Å²) < 4.78 is 17.8. The first-order valence-electron chi connectivity index (χ1n) is 8.06. The van der Waals surface area contributed by atoms with E-state index < -0.39 is 24.4 Å². The van der Waals surface area contributed by atoms with E-state index in [-0.39, 0.29) is 11.5 Å². The predicted molar refractivity (Wildman–Crippen MR) is 99.8 cm³/mol. The zero-order chi connectivity index (χ0) is 19.9. The molecule has 1 aromatic heterocycles. The van der Waals surface area contributed by atoms with Crippen molar-refractivity contribution in [3.8, 4) is 10.6 Å². The summed E-state index contributed by atoms with van der Waals surface area (Å²) >= 11 is 1.19. The topological polar surface area (TPSA) is 97.4 Å². The molecule has 1 heterocycles. The number of benzene rings is 2. The molecule has 0 bridgehead atoms. The molecule has 2 N–H and O–H groups in total. The second-order valence-electron chi connectivity index (χ2n) is 5.49. The van der Waals surface area contributed by atoms with Crippen LogP contribution in [0.1, 0.15) is 20.8 Å². The van der Waals surface area contributed by atoms with E-state index in [1.807, 2.05) is 0 Å². The van der Waals surface area contributed by atoms with Crippen LogP contribution in [0, 0.1) is 5.82 Å². The van der Waals surface area contributed by atoms with Gasteiger partial charge in [0.15, 0.2) is 12.3 Å². The average molecular weight is 399 g/mol. The van der Waals surface area contributed by atoms with E-state index in [9.17, 15) is 18.8 Å². The zero-order valence-electron chi connectivity index (χ0n) is 14.3. The van der Waals surface area contributed by atoms with E-state index in [0.717, 1.165) is 0 Å². The quantitative estimate of drug-likeness (QED) is 0.508. The van der Waals surface area contributed by atoms with Crippen LogP contribution < -0.4 is 10.9 Å². The van der Waals surface area contributed by atoms with Gasteiger partial charge >= 0.3 is 5.97 Å². The smallest absolute Gasteiger partial charge is 0.358 e. The van der Waals surface area contributed by atoms with Crippen molar-refractivity contribution in [2.75, 3.05) is 6.61 Å². The lowest BCUT2D eigenvalue weighted by Gasteiger charge is -2.07. The molecule has 2 amide bonds. The summed E-state index contributed by atoms with van der Waals surface area (Å²) in [6, 6.07) is 14.0. The standard InChI is InChI=1S/C19H14FN3O4S/c20-14-8-6-13(7-9-14)18-21-15(11-28-18)19(26)27-10-16(24)22-23-17(25)12-4-2-1-3-5-12/h1-9,11H,10H2,(H,22,24)(H,23,25). The summed E-state index contributed by atoms with van der Waals surface area (Å²) in [5, 5.41) is 2.00. The number of carbonyl (C=O) groups is 3. The number of rotatable bonds is 5. The molecule has 7 nitrogen and oxygen atoms in total. The van der Waals surface area contributed by atoms with Gasteiger partial charge in [-0.3, -0.25) is 20.4 Å². The normalized spacial score (nSPS) is 10.2. The number of hydrogen-bond donors (Lipinski definition) is 2. The summed E-state index contributed by atoms with van der Waals surface area (Å²) in [7, 11) is 0. The summed E-state index contributed by atoms with van der Waals surface area (Å²) in [5.74, 6) is -2.35. The maximum Gasteiger partial charge on any atom is 0.358 e. The van der Waals surface area contributed by atoms with E-state index in [1.165, 1.54) is 28.8 Å². The molecule has 0 aliphatic rings. The fraction of sp³-hybridized carbons (Fsp3) is 0.0526. The largest absolute Gasteiger partial charge is 0.451 e. The number of carbonyl (C=O) groups excluding carboxylic acids is 3. The number of hydrazine groups is 1. The van der Waals surface area contributed by atoms with Gasteiger partial charge < -0.3 is 4.74 Å². The Bertz CT molecular complexity index is 990. The van der Waals surface area contributed by atoms with Gasteiger partial charge in [0.2, 0.25) is 0 Å². The Labute approximate surface area is 163 Å². The Morgan fingerprint density at radius 3 is 2.43 bits per heavy atom. The van der Waals surface area contributed by atoms with Crippen molar-refractivity contribution in [1.29, 1.82) is 0 Å². The molecule has 0 saturated heterocycles. The minimum atomic E-state index is -0.783. The van der Waals surface area contributed by atoms with Crippen LogP contribution >= 0.6 is 11.3 Å². The van der Waals surface area contributed by atoms with Gasteiger partial charge in [0, 0.05) is 16.5 Å². The van der Waals surface area contributed by atoms with Gasteiger partial charge in [0.1, 0.15) is 10.8 Å². The third-order valence-corrected chi connectivity index (χ3v) is 4.38.